The quantitative estimate of drug-likeness (QED) is 0.528. The summed E-state index contributed by atoms with van der Waals surface area (Å²) in [6, 6.07) is 17.7. The van der Waals surface area contributed by atoms with Crippen LogP contribution in [0.25, 0.3) is 10.9 Å². The fourth-order valence-corrected chi connectivity index (χ4v) is 3.75. The van der Waals surface area contributed by atoms with E-state index >= 15 is 0 Å². The lowest BCUT2D eigenvalue weighted by Gasteiger charge is -2.20. The number of para-hydroxylation sites is 1. The molecule has 0 saturated carbocycles. The highest BCUT2D eigenvalue weighted by Crippen LogP contribution is 2.36. The number of fused-ring (bicyclic) bond motifs is 1. The van der Waals surface area contributed by atoms with Gasteiger partial charge in [0, 0.05) is 26.0 Å². The number of amides is 1. The molecule has 2 aromatic carbocycles. The SMILES string of the molecule is CCNc1nc(SC(C(=O)N(C)C)c2ccccc2)nc2ccccc12. The van der Waals surface area contributed by atoms with Gasteiger partial charge in [-0.15, -0.1) is 0 Å². The summed E-state index contributed by atoms with van der Waals surface area (Å²) in [5.41, 5.74) is 1.81. The number of nitrogens with zero attached hydrogens (tertiary/aromatic N) is 3. The van der Waals surface area contributed by atoms with Crippen molar-refractivity contribution in [2.45, 2.75) is 17.3 Å². The van der Waals surface area contributed by atoms with Gasteiger partial charge in [0.05, 0.1) is 5.52 Å². The first-order chi connectivity index (χ1) is 12.6. The number of nitrogens with one attached hydrogen (secondary N) is 1. The number of likely N-dealkylation sites (N-methyl/N-ethyl adjacent to an activating group) is 1. The van der Waals surface area contributed by atoms with E-state index in [1.807, 2.05) is 61.5 Å². The largest absolute Gasteiger partial charge is 0.370 e. The molecule has 0 aliphatic carbocycles. The Bertz CT molecular complexity index is 899. The Kier molecular flexibility index (Phi) is 5.73. The van der Waals surface area contributed by atoms with Crippen LogP contribution in [0.1, 0.15) is 17.7 Å². The van der Waals surface area contributed by atoms with E-state index in [1.54, 1.807) is 19.0 Å². The van der Waals surface area contributed by atoms with E-state index < -0.39 is 0 Å². The van der Waals surface area contributed by atoms with Crippen LogP contribution in [0.3, 0.4) is 0 Å². The van der Waals surface area contributed by atoms with Crippen LogP contribution in [-0.4, -0.2) is 41.4 Å². The zero-order valence-electron chi connectivity index (χ0n) is 15.1. The molecule has 134 valence electrons. The number of carbonyl (C=O) groups excluding carboxylic acids is 1. The lowest BCUT2D eigenvalue weighted by molar-refractivity contribution is -0.128. The molecule has 6 heteroatoms. The molecule has 0 bridgehead atoms. The summed E-state index contributed by atoms with van der Waals surface area (Å²) in [6.45, 7) is 2.80. The van der Waals surface area contributed by atoms with E-state index in [-0.39, 0.29) is 11.2 Å². The van der Waals surface area contributed by atoms with E-state index in [0.717, 1.165) is 28.8 Å². The second kappa shape index (κ2) is 8.19. The minimum Gasteiger partial charge on any atom is -0.370 e. The molecule has 26 heavy (non-hydrogen) atoms. The minimum atomic E-state index is -0.387. The van der Waals surface area contributed by atoms with Crippen molar-refractivity contribution in [1.82, 2.24) is 14.9 Å². The highest BCUT2D eigenvalue weighted by atomic mass is 32.2. The van der Waals surface area contributed by atoms with Crippen molar-refractivity contribution in [1.29, 1.82) is 0 Å². The molecule has 0 spiro atoms. The normalized spacial score (nSPS) is 12.0. The monoisotopic (exact) mass is 366 g/mol. The summed E-state index contributed by atoms with van der Waals surface area (Å²) in [7, 11) is 3.54. The highest BCUT2D eigenvalue weighted by Gasteiger charge is 2.25. The average molecular weight is 366 g/mol. The zero-order valence-corrected chi connectivity index (χ0v) is 16.0. The summed E-state index contributed by atoms with van der Waals surface area (Å²) >= 11 is 1.38. The number of hydrogen-bond acceptors (Lipinski definition) is 5. The zero-order chi connectivity index (χ0) is 18.5. The Hall–Kier alpha value is -2.60. The van der Waals surface area contributed by atoms with Gasteiger partial charge in [-0.3, -0.25) is 4.79 Å². The van der Waals surface area contributed by atoms with Crippen LogP contribution in [0.5, 0.6) is 0 Å². The van der Waals surface area contributed by atoms with Gasteiger partial charge < -0.3 is 10.2 Å². The van der Waals surface area contributed by atoms with Crippen molar-refractivity contribution in [3.05, 3.63) is 60.2 Å². The first-order valence-corrected chi connectivity index (χ1v) is 9.41. The Morgan fingerprint density at radius 1 is 1.08 bits per heavy atom. The molecule has 0 saturated heterocycles. The summed E-state index contributed by atoms with van der Waals surface area (Å²) in [5, 5.41) is 4.48. The third-order valence-corrected chi connectivity index (χ3v) is 5.02. The Balaban J connectivity index is 2.02. The predicted octanol–water partition coefficient (Wildman–Crippen LogP) is 3.98. The number of carbonyl (C=O) groups is 1. The van der Waals surface area contributed by atoms with Crippen LogP contribution in [0.2, 0.25) is 0 Å². The van der Waals surface area contributed by atoms with Crippen LogP contribution < -0.4 is 5.32 Å². The molecule has 1 amide bonds. The number of anilines is 1. The van der Waals surface area contributed by atoms with E-state index in [4.69, 9.17) is 0 Å². The topological polar surface area (TPSA) is 58.1 Å². The van der Waals surface area contributed by atoms with Gasteiger partial charge in [-0.05, 0) is 24.6 Å². The molecule has 1 aromatic heterocycles. The second-order valence-corrected chi connectivity index (χ2v) is 7.12. The fourth-order valence-electron chi connectivity index (χ4n) is 2.64. The molecule has 1 N–H and O–H groups in total. The van der Waals surface area contributed by atoms with Gasteiger partial charge in [-0.2, -0.15) is 0 Å². The molecule has 0 aliphatic rings. The Morgan fingerprint density at radius 2 is 1.77 bits per heavy atom. The number of thioether (sulfide) groups is 1. The van der Waals surface area contributed by atoms with E-state index in [1.165, 1.54) is 11.8 Å². The van der Waals surface area contributed by atoms with Gasteiger partial charge in [0.15, 0.2) is 5.16 Å². The molecule has 0 aliphatic heterocycles. The van der Waals surface area contributed by atoms with Crippen molar-refractivity contribution in [3.63, 3.8) is 0 Å². The van der Waals surface area contributed by atoms with Gasteiger partial charge in [-0.25, -0.2) is 9.97 Å². The lowest BCUT2D eigenvalue weighted by atomic mass is 10.1. The molecular formula is C20H22N4OS. The van der Waals surface area contributed by atoms with Crippen LogP contribution >= 0.6 is 11.8 Å². The molecule has 0 radical (unpaired) electrons. The number of rotatable bonds is 6. The molecular weight excluding hydrogens is 344 g/mol. The first-order valence-electron chi connectivity index (χ1n) is 8.53. The van der Waals surface area contributed by atoms with Crippen LogP contribution in [0.4, 0.5) is 5.82 Å². The fraction of sp³-hybridized carbons (Fsp3) is 0.250. The van der Waals surface area contributed by atoms with E-state index in [2.05, 4.69) is 15.3 Å². The summed E-state index contributed by atoms with van der Waals surface area (Å²) < 4.78 is 0. The Morgan fingerprint density at radius 3 is 2.46 bits per heavy atom. The van der Waals surface area contributed by atoms with Gasteiger partial charge >= 0.3 is 0 Å². The van der Waals surface area contributed by atoms with Crippen molar-refractivity contribution in [2.75, 3.05) is 26.0 Å². The maximum atomic E-state index is 12.8. The maximum Gasteiger partial charge on any atom is 0.240 e. The number of aromatic nitrogens is 2. The Labute approximate surface area is 157 Å². The van der Waals surface area contributed by atoms with Gasteiger partial charge in [-0.1, -0.05) is 54.2 Å². The van der Waals surface area contributed by atoms with Crippen LogP contribution in [0.15, 0.2) is 59.8 Å². The number of hydrogen-bond donors (Lipinski definition) is 1. The first kappa shape index (κ1) is 18.2. The highest BCUT2D eigenvalue weighted by molar-refractivity contribution is 8.00. The van der Waals surface area contributed by atoms with Gasteiger partial charge in [0.25, 0.3) is 0 Å². The van der Waals surface area contributed by atoms with Crippen molar-refractivity contribution >= 4 is 34.4 Å². The summed E-state index contributed by atoms with van der Waals surface area (Å²) in [5.74, 6) is 0.813. The maximum absolute atomic E-state index is 12.8. The van der Waals surface area contributed by atoms with Crippen molar-refractivity contribution in [3.8, 4) is 0 Å². The molecule has 1 heterocycles. The molecule has 3 aromatic rings. The number of benzene rings is 2. The minimum absolute atomic E-state index is 0.0166. The van der Waals surface area contributed by atoms with Crippen molar-refractivity contribution < 1.29 is 4.79 Å². The molecule has 0 fully saturated rings. The van der Waals surface area contributed by atoms with Gasteiger partial charge in [0.1, 0.15) is 11.1 Å². The van der Waals surface area contributed by atoms with Gasteiger partial charge in [0.2, 0.25) is 5.91 Å². The van der Waals surface area contributed by atoms with E-state index in [9.17, 15) is 4.79 Å². The van der Waals surface area contributed by atoms with Crippen LogP contribution in [0, 0.1) is 0 Å². The van der Waals surface area contributed by atoms with E-state index in [0.29, 0.717) is 5.16 Å². The van der Waals surface area contributed by atoms with Crippen molar-refractivity contribution in [2.24, 2.45) is 0 Å². The third-order valence-electron chi connectivity index (χ3n) is 3.92. The predicted molar refractivity (Wildman–Crippen MR) is 107 cm³/mol. The lowest BCUT2D eigenvalue weighted by Crippen LogP contribution is -2.26. The molecule has 1 unspecified atom stereocenters. The second-order valence-electron chi connectivity index (χ2n) is 6.04. The molecule has 1 atom stereocenters. The summed E-state index contributed by atoms with van der Waals surface area (Å²) in [6.07, 6.45) is 0. The molecule has 5 nitrogen and oxygen atoms in total. The van der Waals surface area contributed by atoms with Crippen LogP contribution in [-0.2, 0) is 4.79 Å². The summed E-state index contributed by atoms with van der Waals surface area (Å²) in [4.78, 5) is 23.7. The average Bonchev–Trinajstić information content (AvgIpc) is 2.66. The standard InChI is InChI=1S/C20H22N4OS/c1-4-21-18-15-12-8-9-13-16(15)22-20(23-18)26-17(19(25)24(2)3)14-10-6-5-7-11-14/h5-13,17H,4H2,1-3H3,(H,21,22,23). The molecule has 3 rings (SSSR count). The smallest absolute Gasteiger partial charge is 0.240 e. The third kappa shape index (κ3) is 3.96.